The highest BCUT2D eigenvalue weighted by molar-refractivity contribution is 6.02. The fraction of sp³-hybridized carbons (Fsp3) is 0. The van der Waals surface area contributed by atoms with E-state index in [0.29, 0.717) is 0 Å². The van der Waals surface area contributed by atoms with Crippen LogP contribution in [0.15, 0.2) is 78.9 Å². The first-order chi connectivity index (χ1) is 10.3. The van der Waals surface area contributed by atoms with Crippen LogP contribution in [0.2, 0.25) is 0 Å². The Kier molecular flexibility index (Phi) is 2.65. The summed E-state index contributed by atoms with van der Waals surface area (Å²) in [6.45, 7) is 0. The molecule has 0 heterocycles. The normalized spacial score (nSPS) is 11.0. The van der Waals surface area contributed by atoms with Gasteiger partial charge in [-0.15, -0.1) is 0 Å². The molecule has 0 saturated heterocycles. The van der Waals surface area contributed by atoms with Crippen LogP contribution < -0.4 is 0 Å². The van der Waals surface area contributed by atoms with Crippen LogP contribution in [0.1, 0.15) is 0 Å². The fourth-order valence-corrected chi connectivity index (χ4v) is 2.92. The smallest absolute Gasteiger partial charge is 0.194 e. The van der Waals surface area contributed by atoms with E-state index in [-0.39, 0.29) is 5.75 Å². The molecule has 0 aliphatic carbocycles. The Labute approximate surface area is 123 Å². The fourth-order valence-electron chi connectivity index (χ4n) is 2.92. The first-order valence-corrected chi connectivity index (χ1v) is 7.01. The molecule has 1 nitrogen and oxygen atoms in total. The molecule has 99 valence electrons. The summed E-state index contributed by atoms with van der Waals surface area (Å²) in [6.07, 6.45) is 0. The van der Waals surface area contributed by atoms with Crippen LogP contribution in [0.25, 0.3) is 32.7 Å². The molecule has 0 amide bonds. The molecule has 0 saturated carbocycles. The highest BCUT2D eigenvalue weighted by Crippen LogP contribution is 2.39. The van der Waals surface area contributed by atoms with E-state index in [2.05, 4.69) is 18.2 Å². The average Bonchev–Trinajstić information content (AvgIpc) is 2.55. The molecule has 1 radical (unpaired) electrons. The minimum absolute atomic E-state index is 0.101. The summed E-state index contributed by atoms with van der Waals surface area (Å²) in [5, 5.41) is 16.8. The predicted molar refractivity (Wildman–Crippen MR) is 87.0 cm³/mol. The quantitative estimate of drug-likeness (QED) is 0.416. The van der Waals surface area contributed by atoms with Crippen LogP contribution in [0.4, 0.5) is 0 Å². The molecule has 0 N–H and O–H groups in total. The zero-order valence-electron chi connectivity index (χ0n) is 11.4. The van der Waals surface area contributed by atoms with Crippen molar-refractivity contribution in [2.24, 2.45) is 0 Å². The van der Waals surface area contributed by atoms with Gasteiger partial charge in [-0.05, 0) is 27.8 Å². The topological polar surface area (TPSA) is 19.9 Å². The van der Waals surface area contributed by atoms with Gasteiger partial charge in [-0.2, -0.15) is 0 Å². The zero-order valence-corrected chi connectivity index (χ0v) is 11.4. The van der Waals surface area contributed by atoms with Crippen molar-refractivity contribution in [1.82, 2.24) is 0 Å². The van der Waals surface area contributed by atoms with Gasteiger partial charge in [0.15, 0.2) is 5.75 Å². The van der Waals surface area contributed by atoms with Crippen LogP contribution in [-0.4, -0.2) is 0 Å². The summed E-state index contributed by atoms with van der Waals surface area (Å²) in [5.41, 5.74) is 1.77. The largest absolute Gasteiger partial charge is 0.289 e. The Bertz CT molecular complexity index is 949. The van der Waals surface area contributed by atoms with E-state index in [1.165, 1.54) is 0 Å². The summed E-state index contributed by atoms with van der Waals surface area (Å²) in [6, 6.07) is 26.0. The SMILES string of the molecule is [O]c1c(-c2cccc3ccccc23)ccc2ccccc12. The van der Waals surface area contributed by atoms with Crippen molar-refractivity contribution in [1.29, 1.82) is 0 Å². The number of benzene rings is 4. The minimum Gasteiger partial charge on any atom is -0.289 e. The number of fused-ring (bicyclic) bond motifs is 2. The number of hydrogen-bond donors (Lipinski definition) is 0. The van der Waals surface area contributed by atoms with Gasteiger partial charge < -0.3 is 0 Å². The van der Waals surface area contributed by atoms with E-state index in [4.69, 9.17) is 0 Å². The van der Waals surface area contributed by atoms with E-state index in [0.717, 1.165) is 32.7 Å². The molecule has 21 heavy (non-hydrogen) atoms. The molecule has 4 aromatic rings. The van der Waals surface area contributed by atoms with Gasteiger partial charge in [0.1, 0.15) is 0 Å². The second kappa shape index (κ2) is 4.64. The third kappa shape index (κ3) is 1.86. The molecule has 0 aliphatic heterocycles. The van der Waals surface area contributed by atoms with Crippen LogP contribution in [0, 0.1) is 0 Å². The maximum Gasteiger partial charge on any atom is 0.194 e. The lowest BCUT2D eigenvalue weighted by Crippen LogP contribution is -1.83. The van der Waals surface area contributed by atoms with Crippen molar-refractivity contribution >= 4 is 21.5 Å². The highest BCUT2D eigenvalue weighted by atomic mass is 16.3. The van der Waals surface area contributed by atoms with Gasteiger partial charge in [0, 0.05) is 10.9 Å². The van der Waals surface area contributed by atoms with Crippen molar-refractivity contribution in [2.75, 3.05) is 0 Å². The lowest BCUT2D eigenvalue weighted by molar-refractivity contribution is 0.362. The molecule has 1 heteroatoms. The van der Waals surface area contributed by atoms with E-state index in [1.54, 1.807) is 0 Å². The summed E-state index contributed by atoms with van der Waals surface area (Å²) in [5.74, 6) is 0.101. The molecule has 4 aromatic carbocycles. The van der Waals surface area contributed by atoms with Gasteiger partial charge in [0.25, 0.3) is 0 Å². The van der Waals surface area contributed by atoms with Gasteiger partial charge in [0.05, 0.1) is 0 Å². The predicted octanol–water partition coefficient (Wildman–Crippen LogP) is 5.80. The van der Waals surface area contributed by atoms with Crippen molar-refractivity contribution in [3.63, 3.8) is 0 Å². The number of rotatable bonds is 1. The molecular formula is C20H13O. The summed E-state index contributed by atoms with van der Waals surface area (Å²) in [4.78, 5) is 0. The lowest BCUT2D eigenvalue weighted by atomic mass is 9.95. The second-order valence-electron chi connectivity index (χ2n) is 5.19. The summed E-state index contributed by atoms with van der Waals surface area (Å²) >= 11 is 0. The van der Waals surface area contributed by atoms with Crippen LogP contribution in [-0.2, 0) is 5.11 Å². The average molecular weight is 269 g/mol. The summed E-state index contributed by atoms with van der Waals surface area (Å²) < 4.78 is 0. The molecule has 0 aromatic heterocycles. The molecule has 0 bridgehead atoms. The van der Waals surface area contributed by atoms with Crippen molar-refractivity contribution < 1.29 is 5.11 Å². The maximum atomic E-state index is 12.8. The van der Waals surface area contributed by atoms with Gasteiger partial charge in [-0.1, -0.05) is 72.8 Å². The Morgan fingerprint density at radius 3 is 1.90 bits per heavy atom. The van der Waals surface area contributed by atoms with Crippen molar-refractivity contribution in [2.45, 2.75) is 0 Å². The van der Waals surface area contributed by atoms with Gasteiger partial charge >= 0.3 is 0 Å². The maximum absolute atomic E-state index is 12.8. The van der Waals surface area contributed by atoms with Gasteiger partial charge in [0.2, 0.25) is 0 Å². The van der Waals surface area contributed by atoms with Gasteiger partial charge in [-0.3, -0.25) is 5.11 Å². The minimum atomic E-state index is 0.101. The van der Waals surface area contributed by atoms with Crippen molar-refractivity contribution in [3.05, 3.63) is 78.9 Å². The Morgan fingerprint density at radius 1 is 0.476 bits per heavy atom. The van der Waals surface area contributed by atoms with Crippen LogP contribution in [0.3, 0.4) is 0 Å². The first-order valence-electron chi connectivity index (χ1n) is 7.01. The molecule has 4 rings (SSSR count). The standard InChI is InChI=1S/C20H13O/c21-20-17-10-4-2-7-15(17)12-13-19(20)18-11-5-8-14-6-1-3-9-16(14)18/h1-13H. The second-order valence-corrected chi connectivity index (χ2v) is 5.19. The summed E-state index contributed by atoms with van der Waals surface area (Å²) in [7, 11) is 0. The van der Waals surface area contributed by atoms with E-state index >= 15 is 0 Å². The molecule has 0 fully saturated rings. The highest BCUT2D eigenvalue weighted by Gasteiger charge is 2.12. The van der Waals surface area contributed by atoms with E-state index in [9.17, 15) is 5.11 Å². The van der Waals surface area contributed by atoms with Gasteiger partial charge in [-0.25, -0.2) is 0 Å². The third-order valence-electron chi connectivity index (χ3n) is 3.96. The van der Waals surface area contributed by atoms with Crippen LogP contribution in [0.5, 0.6) is 5.75 Å². The molecular weight excluding hydrogens is 256 g/mol. The lowest BCUT2D eigenvalue weighted by Gasteiger charge is -2.09. The van der Waals surface area contributed by atoms with Crippen LogP contribution >= 0.6 is 0 Å². The third-order valence-corrected chi connectivity index (χ3v) is 3.96. The zero-order chi connectivity index (χ0) is 14.2. The first kappa shape index (κ1) is 12.0. The molecule has 0 aliphatic rings. The monoisotopic (exact) mass is 269 g/mol. The Morgan fingerprint density at radius 2 is 1.10 bits per heavy atom. The molecule has 0 spiro atoms. The number of hydrogen-bond acceptors (Lipinski definition) is 0. The Hall–Kier alpha value is -2.80. The molecule has 0 atom stereocenters. The van der Waals surface area contributed by atoms with Crippen molar-refractivity contribution in [3.8, 4) is 16.9 Å². The molecule has 0 unspecified atom stereocenters. The Balaban J connectivity index is 2.07. The van der Waals surface area contributed by atoms with E-state index < -0.39 is 0 Å². The van der Waals surface area contributed by atoms with E-state index in [1.807, 2.05) is 60.7 Å².